The largest absolute Gasteiger partial charge is 0.375 e. The number of aromatic nitrogens is 1. The van der Waals surface area contributed by atoms with Crippen molar-refractivity contribution in [3.8, 4) is 0 Å². The Morgan fingerprint density at radius 2 is 1.80 bits per heavy atom. The minimum Gasteiger partial charge on any atom is -0.375 e. The van der Waals surface area contributed by atoms with Gasteiger partial charge >= 0.3 is 0 Å². The highest BCUT2D eigenvalue weighted by Gasteiger charge is 2.29. The number of aryl methyl sites for hydroxylation is 1. The lowest BCUT2D eigenvalue weighted by molar-refractivity contribution is -0.136. The maximum absolute atomic E-state index is 12.9. The Morgan fingerprint density at radius 3 is 2.44 bits per heavy atom. The second kappa shape index (κ2) is 7.95. The third-order valence-corrected chi connectivity index (χ3v) is 5.19. The average molecular weight is 345 g/mol. The number of carbonyl (C=O) groups excluding carboxylic acids is 2. The molecule has 0 unspecified atom stereocenters. The maximum atomic E-state index is 12.9. The molecular formula is C19H27N3O3. The van der Waals surface area contributed by atoms with Gasteiger partial charge in [-0.25, -0.2) is 0 Å². The average Bonchev–Trinajstić information content (AvgIpc) is 3.16. The topological polar surface area (TPSA) is 62.7 Å². The Morgan fingerprint density at radius 1 is 1.12 bits per heavy atom. The summed E-state index contributed by atoms with van der Waals surface area (Å²) in [5.74, 6) is 0.373. The number of rotatable bonds is 4. The fourth-order valence-corrected chi connectivity index (χ4v) is 3.78. The second-order valence-electron chi connectivity index (χ2n) is 6.97. The van der Waals surface area contributed by atoms with Gasteiger partial charge in [0.1, 0.15) is 6.61 Å². The lowest BCUT2D eigenvalue weighted by atomic mass is 9.89. The number of nitrogens with zero attached hydrogens (tertiary/aromatic N) is 3. The first-order valence-electron chi connectivity index (χ1n) is 9.13. The first-order valence-corrected chi connectivity index (χ1v) is 9.13. The van der Waals surface area contributed by atoms with Crippen molar-refractivity contribution in [2.75, 3.05) is 39.9 Å². The monoisotopic (exact) mass is 345 g/mol. The van der Waals surface area contributed by atoms with E-state index in [-0.39, 0.29) is 24.3 Å². The summed E-state index contributed by atoms with van der Waals surface area (Å²) in [5.41, 5.74) is 2.59. The number of amides is 2. The number of pyridine rings is 1. The normalized spacial score (nSPS) is 18.6. The number of hydrogen-bond donors (Lipinski definition) is 0. The highest BCUT2D eigenvalue weighted by atomic mass is 16.5. The van der Waals surface area contributed by atoms with Gasteiger partial charge in [-0.3, -0.25) is 14.6 Å². The molecule has 0 atom stereocenters. The van der Waals surface area contributed by atoms with Crippen molar-refractivity contribution < 1.29 is 14.3 Å². The predicted octanol–water partition coefficient (Wildman–Crippen LogP) is 1.98. The first kappa shape index (κ1) is 17.9. The molecule has 3 rings (SSSR count). The molecule has 1 aromatic heterocycles. The molecular weight excluding hydrogens is 318 g/mol. The summed E-state index contributed by atoms with van der Waals surface area (Å²) in [5, 5.41) is 0. The number of likely N-dealkylation sites (tertiary alicyclic amines) is 2. The molecule has 0 aromatic carbocycles. The third kappa shape index (κ3) is 4.00. The number of methoxy groups -OCH3 is 1. The molecule has 1 aromatic rings. The van der Waals surface area contributed by atoms with E-state index in [1.165, 1.54) is 7.11 Å². The van der Waals surface area contributed by atoms with Gasteiger partial charge in [0.2, 0.25) is 5.91 Å². The summed E-state index contributed by atoms with van der Waals surface area (Å²) in [6, 6.07) is 3.85. The molecule has 3 heterocycles. The predicted molar refractivity (Wildman–Crippen MR) is 94.5 cm³/mol. The third-order valence-electron chi connectivity index (χ3n) is 5.19. The molecule has 0 spiro atoms. The van der Waals surface area contributed by atoms with Gasteiger partial charge in [-0.05, 0) is 44.7 Å². The number of hydrogen-bond acceptors (Lipinski definition) is 4. The summed E-state index contributed by atoms with van der Waals surface area (Å²) in [7, 11) is 1.54. The molecule has 2 fully saturated rings. The quantitative estimate of drug-likeness (QED) is 0.837. The van der Waals surface area contributed by atoms with Crippen LogP contribution in [-0.4, -0.2) is 66.5 Å². The van der Waals surface area contributed by atoms with Crippen LogP contribution in [-0.2, 0) is 9.53 Å². The van der Waals surface area contributed by atoms with Gasteiger partial charge in [0.25, 0.3) is 5.91 Å². The van der Waals surface area contributed by atoms with Crippen LogP contribution >= 0.6 is 0 Å². The molecule has 2 amide bonds. The van der Waals surface area contributed by atoms with Crippen molar-refractivity contribution in [3.05, 3.63) is 29.1 Å². The SMILES string of the molecule is COCC(=O)N1CCC(c2nc(C)ccc2C(=O)N2CCCC2)CC1. The Labute approximate surface area is 149 Å². The Hall–Kier alpha value is -1.95. The second-order valence-corrected chi connectivity index (χ2v) is 6.97. The molecule has 0 N–H and O–H groups in total. The summed E-state index contributed by atoms with van der Waals surface area (Å²) in [4.78, 5) is 33.4. The van der Waals surface area contributed by atoms with Crippen molar-refractivity contribution in [1.82, 2.24) is 14.8 Å². The molecule has 2 aliphatic rings. The van der Waals surface area contributed by atoms with E-state index in [0.717, 1.165) is 55.7 Å². The fraction of sp³-hybridized carbons (Fsp3) is 0.632. The Balaban J connectivity index is 1.75. The van der Waals surface area contributed by atoms with Gasteiger partial charge < -0.3 is 14.5 Å². The van der Waals surface area contributed by atoms with Crippen molar-refractivity contribution in [2.24, 2.45) is 0 Å². The minimum absolute atomic E-state index is 0.0338. The zero-order valence-electron chi connectivity index (χ0n) is 15.2. The van der Waals surface area contributed by atoms with Crippen LogP contribution in [0.25, 0.3) is 0 Å². The van der Waals surface area contributed by atoms with Gasteiger partial charge in [0, 0.05) is 44.9 Å². The Bertz CT molecular complexity index is 633. The standard InChI is InChI=1S/C19H27N3O3/c1-14-5-6-16(19(24)22-9-3-4-10-22)18(20-14)15-7-11-21(12-8-15)17(23)13-25-2/h5-6,15H,3-4,7-13H2,1-2H3. The number of piperidine rings is 1. The van der Waals surface area contributed by atoms with E-state index in [0.29, 0.717) is 13.1 Å². The van der Waals surface area contributed by atoms with Crippen LogP contribution in [0.15, 0.2) is 12.1 Å². The van der Waals surface area contributed by atoms with Crippen molar-refractivity contribution in [1.29, 1.82) is 0 Å². The molecule has 2 aliphatic heterocycles. The molecule has 25 heavy (non-hydrogen) atoms. The van der Waals surface area contributed by atoms with Crippen LogP contribution in [0.2, 0.25) is 0 Å². The van der Waals surface area contributed by atoms with Gasteiger partial charge in [-0.2, -0.15) is 0 Å². The molecule has 0 aliphatic carbocycles. The van der Waals surface area contributed by atoms with Crippen LogP contribution in [0.5, 0.6) is 0 Å². The molecule has 136 valence electrons. The lowest BCUT2D eigenvalue weighted by Gasteiger charge is -2.32. The van der Waals surface area contributed by atoms with E-state index in [9.17, 15) is 9.59 Å². The van der Waals surface area contributed by atoms with Gasteiger partial charge in [0.05, 0.1) is 11.3 Å². The van der Waals surface area contributed by atoms with Crippen LogP contribution in [0, 0.1) is 6.92 Å². The molecule has 6 heteroatoms. The smallest absolute Gasteiger partial charge is 0.255 e. The van der Waals surface area contributed by atoms with Crippen LogP contribution in [0.4, 0.5) is 0 Å². The van der Waals surface area contributed by atoms with E-state index in [1.807, 2.05) is 28.9 Å². The first-order chi connectivity index (χ1) is 12.1. The number of ether oxygens (including phenoxy) is 1. The zero-order valence-corrected chi connectivity index (χ0v) is 15.2. The maximum Gasteiger partial charge on any atom is 0.255 e. The summed E-state index contributed by atoms with van der Waals surface area (Å²) in [6.45, 7) is 5.17. The number of carbonyl (C=O) groups is 2. The zero-order chi connectivity index (χ0) is 17.8. The van der Waals surface area contributed by atoms with Crippen molar-refractivity contribution in [3.63, 3.8) is 0 Å². The molecule has 0 saturated carbocycles. The van der Waals surface area contributed by atoms with E-state index < -0.39 is 0 Å². The fourth-order valence-electron chi connectivity index (χ4n) is 3.78. The molecule has 6 nitrogen and oxygen atoms in total. The highest BCUT2D eigenvalue weighted by Crippen LogP contribution is 2.30. The molecule has 0 radical (unpaired) electrons. The lowest BCUT2D eigenvalue weighted by Crippen LogP contribution is -2.40. The van der Waals surface area contributed by atoms with Gasteiger partial charge in [0.15, 0.2) is 0 Å². The summed E-state index contributed by atoms with van der Waals surface area (Å²) in [6.07, 6.45) is 3.85. The molecule has 2 saturated heterocycles. The minimum atomic E-state index is 0.0338. The van der Waals surface area contributed by atoms with Crippen LogP contribution in [0.1, 0.15) is 53.3 Å². The molecule has 0 bridgehead atoms. The van der Waals surface area contributed by atoms with E-state index in [2.05, 4.69) is 0 Å². The van der Waals surface area contributed by atoms with E-state index in [1.54, 1.807) is 0 Å². The van der Waals surface area contributed by atoms with Gasteiger partial charge in [-0.1, -0.05) is 0 Å². The van der Waals surface area contributed by atoms with Gasteiger partial charge in [-0.15, -0.1) is 0 Å². The summed E-state index contributed by atoms with van der Waals surface area (Å²) >= 11 is 0. The van der Waals surface area contributed by atoms with Crippen molar-refractivity contribution in [2.45, 2.75) is 38.5 Å². The van der Waals surface area contributed by atoms with E-state index >= 15 is 0 Å². The Kier molecular flexibility index (Phi) is 5.68. The summed E-state index contributed by atoms with van der Waals surface area (Å²) < 4.78 is 4.94. The highest BCUT2D eigenvalue weighted by molar-refractivity contribution is 5.95. The van der Waals surface area contributed by atoms with Crippen LogP contribution < -0.4 is 0 Å². The van der Waals surface area contributed by atoms with Crippen molar-refractivity contribution >= 4 is 11.8 Å². The van der Waals surface area contributed by atoms with Crippen LogP contribution in [0.3, 0.4) is 0 Å². The van der Waals surface area contributed by atoms with E-state index in [4.69, 9.17) is 9.72 Å².